The van der Waals surface area contributed by atoms with Gasteiger partial charge in [0.25, 0.3) is 0 Å². The third-order valence-corrected chi connectivity index (χ3v) is 3.13. The molecule has 1 heterocycles. The Kier molecular flexibility index (Phi) is 2.49. The molecule has 2 N–H and O–H groups in total. The quantitative estimate of drug-likeness (QED) is 0.650. The number of aryl methyl sites for hydroxylation is 1. The van der Waals surface area contributed by atoms with E-state index in [-0.39, 0.29) is 0 Å². The minimum atomic E-state index is 0.791. The van der Waals surface area contributed by atoms with E-state index in [9.17, 15) is 0 Å². The van der Waals surface area contributed by atoms with Crippen LogP contribution in [0.2, 0.25) is 0 Å². The second-order valence-electron chi connectivity index (χ2n) is 4.47. The van der Waals surface area contributed by atoms with E-state index in [2.05, 4.69) is 36.2 Å². The fourth-order valence-corrected chi connectivity index (χ4v) is 2.22. The summed E-state index contributed by atoms with van der Waals surface area (Å²) >= 11 is 0. The predicted molar refractivity (Wildman–Crippen MR) is 76.3 cm³/mol. The van der Waals surface area contributed by atoms with Gasteiger partial charge in [-0.1, -0.05) is 35.9 Å². The fraction of sp³-hybridized carbons (Fsp3) is 0.0625. The highest BCUT2D eigenvalue weighted by Gasteiger charge is 2.07. The number of fused-ring (bicyclic) bond motifs is 1. The Morgan fingerprint density at radius 1 is 0.944 bits per heavy atom. The van der Waals surface area contributed by atoms with Crippen LogP contribution in [0.25, 0.3) is 22.0 Å². The number of benzene rings is 2. The molecular formula is C16H14N2. The van der Waals surface area contributed by atoms with Gasteiger partial charge in [-0.05, 0) is 25.1 Å². The van der Waals surface area contributed by atoms with Crippen molar-refractivity contribution in [3.63, 3.8) is 0 Å². The first-order valence-corrected chi connectivity index (χ1v) is 5.96. The summed E-state index contributed by atoms with van der Waals surface area (Å²) < 4.78 is 0. The molecule has 2 heteroatoms. The average Bonchev–Trinajstić information content (AvgIpc) is 2.41. The molecule has 0 aliphatic heterocycles. The number of aromatic nitrogens is 1. The molecule has 0 atom stereocenters. The summed E-state index contributed by atoms with van der Waals surface area (Å²) in [4.78, 5) is 4.47. The maximum Gasteiger partial charge on any atom is 0.0781 e. The number of anilines is 1. The lowest BCUT2D eigenvalue weighted by Crippen LogP contribution is -1.92. The summed E-state index contributed by atoms with van der Waals surface area (Å²) in [6, 6.07) is 16.3. The van der Waals surface area contributed by atoms with Crippen LogP contribution in [0.15, 0.2) is 54.7 Å². The molecule has 2 aromatic carbocycles. The molecule has 0 amide bonds. The largest absolute Gasteiger partial charge is 0.398 e. The Balaban J connectivity index is 2.35. The van der Waals surface area contributed by atoms with Gasteiger partial charge in [0, 0.05) is 28.4 Å². The normalized spacial score (nSPS) is 10.7. The summed E-state index contributed by atoms with van der Waals surface area (Å²) in [6.07, 6.45) is 1.82. The van der Waals surface area contributed by atoms with Crippen LogP contribution in [0, 0.1) is 6.92 Å². The molecule has 0 unspecified atom stereocenters. The van der Waals surface area contributed by atoms with Gasteiger partial charge in [0.05, 0.1) is 5.52 Å². The van der Waals surface area contributed by atoms with Crippen LogP contribution in [0.4, 0.5) is 5.69 Å². The number of hydrogen-bond donors (Lipinski definition) is 1. The third kappa shape index (κ3) is 1.72. The van der Waals surface area contributed by atoms with Crippen molar-refractivity contribution in [1.29, 1.82) is 0 Å². The molecule has 88 valence electrons. The first kappa shape index (κ1) is 10.8. The number of pyridine rings is 1. The van der Waals surface area contributed by atoms with Gasteiger partial charge in [-0.3, -0.25) is 4.98 Å². The van der Waals surface area contributed by atoms with Gasteiger partial charge in [0.15, 0.2) is 0 Å². The van der Waals surface area contributed by atoms with Gasteiger partial charge in [-0.15, -0.1) is 0 Å². The van der Waals surface area contributed by atoms with Crippen molar-refractivity contribution >= 4 is 16.6 Å². The summed E-state index contributed by atoms with van der Waals surface area (Å²) in [5, 5.41) is 1.14. The van der Waals surface area contributed by atoms with Crippen LogP contribution in [0.3, 0.4) is 0 Å². The minimum absolute atomic E-state index is 0.791. The predicted octanol–water partition coefficient (Wildman–Crippen LogP) is 3.79. The van der Waals surface area contributed by atoms with Crippen LogP contribution in [-0.2, 0) is 0 Å². The minimum Gasteiger partial charge on any atom is -0.398 e. The van der Waals surface area contributed by atoms with E-state index in [4.69, 9.17) is 5.73 Å². The molecule has 0 aliphatic rings. The van der Waals surface area contributed by atoms with Crippen molar-refractivity contribution in [2.24, 2.45) is 0 Å². The summed E-state index contributed by atoms with van der Waals surface area (Å²) in [5.74, 6) is 0. The van der Waals surface area contributed by atoms with Crippen LogP contribution >= 0.6 is 0 Å². The third-order valence-electron chi connectivity index (χ3n) is 3.13. The highest BCUT2D eigenvalue weighted by atomic mass is 14.7. The van der Waals surface area contributed by atoms with Crippen LogP contribution in [0.1, 0.15) is 5.56 Å². The van der Waals surface area contributed by atoms with E-state index in [0.717, 1.165) is 27.7 Å². The maximum atomic E-state index is 6.08. The maximum absolute atomic E-state index is 6.08. The number of nitrogens with two attached hydrogens (primary N) is 1. The molecule has 0 saturated heterocycles. The fourth-order valence-electron chi connectivity index (χ4n) is 2.22. The molecule has 2 nitrogen and oxygen atoms in total. The molecule has 0 aliphatic carbocycles. The number of nitrogens with zero attached hydrogens (tertiary/aromatic N) is 1. The monoisotopic (exact) mass is 234 g/mol. The smallest absolute Gasteiger partial charge is 0.0781 e. The van der Waals surface area contributed by atoms with Crippen LogP contribution in [-0.4, -0.2) is 4.98 Å². The Labute approximate surface area is 106 Å². The van der Waals surface area contributed by atoms with Gasteiger partial charge in [-0.25, -0.2) is 0 Å². The Morgan fingerprint density at radius 3 is 2.67 bits per heavy atom. The SMILES string of the molecule is Cc1ccc(N)c(-c2cccc3cccnc23)c1. The number of para-hydroxylation sites is 1. The zero-order chi connectivity index (χ0) is 12.5. The van der Waals surface area contributed by atoms with Gasteiger partial charge >= 0.3 is 0 Å². The highest BCUT2D eigenvalue weighted by molar-refractivity contribution is 5.96. The van der Waals surface area contributed by atoms with Crippen molar-refractivity contribution < 1.29 is 0 Å². The Morgan fingerprint density at radius 2 is 1.78 bits per heavy atom. The van der Waals surface area contributed by atoms with Crippen molar-refractivity contribution in [2.45, 2.75) is 6.92 Å². The molecule has 1 aromatic heterocycles. The highest BCUT2D eigenvalue weighted by Crippen LogP contribution is 2.31. The molecule has 0 bridgehead atoms. The average molecular weight is 234 g/mol. The summed E-state index contributed by atoms with van der Waals surface area (Å²) in [6.45, 7) is 2.07. The Bertz CT molecular complexity index is 712. The molecule has 3 aromatic rings. The van der Waals surface area contributed by atoms with E-state index in [1.54, 1.807) is 0 Å². The first-order chi connectivity index (χ1) is 8.75. The molecule has 18 heavy (non-hydrogen) atoms. The zero-order valence-electron chi connectivity index (χ0n) is 10.2. The lowest BCUT2D eigenvalue weighted by molar-refractivity contribution is 1.40. The van der Waals surface area contributed by atoms with Gasteiger partial charge in [0.1, 0.15) is 0 Å². The van der Waals surface area contributed by atoms with Gasteiger partial charge in [0.2, 0.25) is 0 Å². The molecular weight excluding hydrogens is 220 g/mol. The number of rotatable bonds is 1. The molecule has 3 rings (SSSR count). The van der Waals surface area contributed by atoms with Crippen LogP contribution in [0.5, 0.6) is 0 Å². The van der Waals surface area contributed by atoms with Crippen molar-refractivity contribution in [2.75, 3.05) is 5.73 Å². The summed E-state index contributed by atoms with van der Waals surface area (Å²) in [5.41, 5.74) is 11.2. The molecule has 0 saturated carbocycles. The lowest BCUT2D eigenvalue weighted by Gasteiger charge is -2.09. The number of nitrogen functional groups attached to an aromatic ring is 1. The first-order valence-electron chi connectivity index (χ1n) is 5.96. The van der Waals surface area contributed by atoms with E-state index in [1.165, 1.54) is 5.56 Å². The van der Waals surface area contributed by atoms with Crippen molar-refractivity contribution in [1.82, 2.24) is 4.98 Å². The van der Waals surface area contributed by atoms with E-state index in [0.29, 0.717) is 0 Å². The molecule has 0 fully saturated rings. The van der Waals surface area contributed by atoms with Crippen molar-refractivity contribution in [3.8, 4) is 11.1 Å². The second kappa shape index (κ2) is 4.15. The lowest BCUT2D eigenvalue weighted by atomic mass is 9.99. The van der Waals surface area contributed by atoms with Gasteiger partial charge in [-0.2, -0.15) is 0 Å². The Hall–Kier alpha value is -2.35. The number of hydrogen-bond acceptors (Lipinski definition) is 2. The summed E-state index contributed by atoms with van der Waals surface area (Å²) in [7, 11) is 0. The zero-order valence-corrected chi connectivity index (χ0v) is 10.2. The van der Waals surface area contributed by atoms with E-state index < -0.39 is 0 Å². The van der Waals surface area contributed by atoms with E-state index >= 15 is 0 Å². The van der Waals surface area contributed by atoms with Gasteiger partial charge < -0.3 is 5.73 Å². The van der Waals surface area contributed by atoms with E-state index in [1.807, 2.05) is 30.5 Å². The second-order valence-corrected chi connectivity index (χ2v) is 4.47. The molecule has 0 spiro atoms. The standard InChI is InChI=1S/C16H14N2/c1-11-7-8-15(17)14(10-11)13-6-2-4-12-5-3-9-18-16(12)13/h2-10H,17H2,1H3. The topological polar surface area (TPSA) is 38.9 Å². The van der Waals surface area contributed by atoms with Crippen LogP contribution < -0.4 is 5.73 Å². The van der Waals surface area contributed by atoms with Crippen molar-refractivity contribution in [3.05, 3.63) is 60.3 Å². The molecule has 0 radical (unpaired) electrons.